The van der Waals surface area contributed by atoms with Gasteiger partial charge in [0.2, 0.25) is 5.91 Å². The minimum absolute atomic E-state index is 0.150. The number of amides is 1. The van der Waals surface area contributed by atoms with E-state index in [1.54, 1.807) is 31.5 Å². The zero-order chi connectivity index (χ0) is 16.9. The average Bonchev–Trinajstić information content (AvgIpc) is 3.10. The molecule has 0 saturated carbocycles. The number of rotatable bonds is 5. The van der Waals surface area contributed by atoms with Crippen LogP contribution in [0.1, 0.15) is 5.56 Å². The lowest BCUT2D eigenvalue weighted by molar-refractivity contribution is -0.115. The van der Waals surface area contributed by atoms with Crippen LogP contribution in [0.4, 0.5) is 5.69 Å². The molecule has 122 valence electrons. The number of carbonyl (C=O) groups is 1. The number of hydrogen-bond acceptors (Lipinski definition) is 4. The molecule has 0 aliphatic heterocycles. The molecule has 1 amide bonds. The van der Waals surface area contributed by atoms with E-state index in [4.69, 9.17) is 20.8 Å². The number of methoxy groups -OCH3 is 1. The van der Waals surface area contributed by atoms with E-state index >= 15 is 0 Å². The summed E-state index contributed by atoms with van der Waals surface area (Å²) in [5.74, 6) is 1.16. The molecule has 24 heavy (non-hydrogen) atoms. The Labute approximate surface area is 144 Å². The number of nitrogens with zero attached hydrogens (tertiary/aromatic N) is 1. The first-order valence-corrected chi connectivity index (χ1v) is 7.64. The maximum atomic E-state index is 12.2. The standard InChI is InChI=1S/C18H15ClN2O3/c1-23-16-7-4-14(19)8-13(16)9-18(22)21-15-5-2-12(3-6-15)17-10-20-11-24-17/h2-8,10-11H,9H2,1H3,(H,21,22). The third-order valence-corrected chi connectivity index (χ3v) is 3.71. The molecular formula is C18H15ClN2O3. The summed E-state index contributed by atoms with van der Waals surface area (Å²) >= 11 is 5.98. The van der Waals surface area contributed by atoms with Crippen molar-refractivity contribution in [2.75, 3.05) is 12.4 Å². The van der Waals surface area contributed by atoms with Crippen LogP contribution in [-0.4, -0.2) is 18.0 Å². The monoisotopic (exact) mass is 342 g/mol. The van der Waals surface area contributed by atoms with Crippen LogP contribution < -0.4 is 10.1 Å². The van der Waals surface area contributed by atoms with Gasteiger partial charge in [0.25, 0.3) is 0 Å². The Morgan fingerprint density at radius 1 is 1.25 bits per heavy atom. The molecule has 0 saturated heterocycles. The van der Waals surface area contributed by atoms with Crippen molar-refractivity contribution in [2.45, 2.75) is 6.42 Å². The van der Waals surface area contributed by atoms with E-state index in [2.05, 4.69) is 10.3 Å². The third kappa shape index (κ3) is 3.75. The van der Waals surface area contributed by atoms with Crippen LogP contribution >= 0.6 is 11.6 Å². The molecule has 1 aromatic heterocycles. The molecule has 6 heteroatoms. The van der Waals surface area contributed by atoms with E-state index in [0.717, 1.165) is 11.1 Å². The second kappa shape index (κ2) is 7.19. The Balaban J connectivity index is 1.68. The van der Waals surface area contributed by atoms with Gasteiger partial charge >= 0.3 is 0 Å². The van der Waals surface area contributed by atoms with Crippen LogP contribution in [0, 0.1) is 0 Å². The lowest BCUT2D eigenvalue weighted by atomic mass is 10.1. The average molecular weight is 343 g/mol. The summed E-state index contributed by atoms with van der Waals surface area (Å²) in [6.45, 7) is 0. The highest BCUT2D eigenvalue weighted by molar-refractivity contribution is 6.30. The molecule has 3 rings (SSSR count). The van der Waals surface area contributed by atoms with Gasteiger partial charge in [-0.05, 0) is 42.5 Å². The predicted octanol–water partition coefficient (Wildman–Crippen LogP) is 4.18. The first-order chi connectivity index (χ1) is 11.7. The fourth-order valence-electron chi connectivity index (χ4n) is 2.34. The van der Waals surface area contributed by atoms with Crippen molar-refractivity contribution in [1.29, 1.82) is 0 Å². The van der Waals surface area contributed by atoms with E-state index in [-0.39, 0.29) is 12.3 Å². The minimum Gasteiger partial charge on any atom is -0.496 e. The van der Waals surface area contributed by atoms with E-state index < -0.39 is 0 Å². The summed E-state index contributed by atoms with van der Waals surface area (Å²) in [5, 5.41) is 3.41. The van der Waals surface area contributed by atoms with Gasteiger partial charge in [0.05, 0.1) is 19.7 Å². The van der Waals surface area contributed by atoms with Gasteiger partial charge in [-0.3, -0.25) is 4.79 Å². The number of carbonyl (C=O) groups excluding carboxylic acids is 1. The lowest BCUT2D eigenvalue weighted by Gasteiger charge is -2.10. The summed E-state index contributed by atoms with van der Waals surface area (Å²) in [6.07, 6.45) is 3.19. The molecule has 0 atom stereocenters. The van der Waals surface area contributed by atoms with Crippen molar-refractivity contribution < 1.29 is 13.9 Å². The summed E-state index contributed by atoms with van der Waals surface area (Å²) in [5.41, 5.74) is 2.33. The number of benzene rings is 2. The van der Waals surface area contributed by atoms with Gasteiger partial charge in [0.1, 0.15) is 5.75 Å². The zero-order valence-electron chi connectivity index (χ0n) is 13.0. The molecule has 1 heterocycles. The number of halogens is 1. The number of aromatic nitrogens is 1. The Hall–Kier alpha value is -2.79. The highest BCUT2D eigenvalue weighted by atomic mass is 35.5. The molecule has 0 radical (unpaired) electrons. The summed E-state index contributed by atoms with van der Waals surface area (Å²) in [4.78, 5) is 16.1. The van der Waals surface area contributed by atoms with Crippen molar-refractivity contribution in [3.63, 3.8) is 0 Å². The van der Waals surface area contributed by atoms with E-state index in [9.17, 15) is 4.79 Å². The van der Waals surface area contributed by atoms with Gasteiger partial charge in [-0.15, -0.1) is 0 Å². The molecule has 0 spiro atoms. The van der Waals surface area contributed by atoms with Crippen molar-refractivity contribution >= 4 is 23.2 Å². The number of ether oxygens (including phenoxy) is 1. The number of oxazole rings is 1. The maximum absolute atomic E-state index is 12.2. The fourth-order valence-corrected chi connectivity index (χ4v) is 2.53. The third-order valence-electron chi connectivity index (χ3n) is 3.48. The van der Waals surface area contributed by atoms with Gasteiger partial charge in [-0.1, -0.05) is 11.6 Å². The van der Waals surface area contributed by atoms with Gasteiger partial charge < -0.3 is 14.5 Å². The van der Waals surface area contributed by atoms with Crippen molar-refractivity contribution in [3.8, 4) is 17.1 Å². The lowest BCUT2D eigenvalue weighted by Crippen LogP contribution is -2.14. The Bertz CT molecular complexity index is 830. The molecule has 0 fully saturated rings. The molecule has 0 unspecified atom stereocenters. The first kappa shape index (κ1) is 16.1. The Morgan fingerprint density at radius 2 is 2.04 bits per heavy atom. The van der Waals surface area contributed by atoms with E-state index in [1.165, 1.54) is 6.39 Å². The molecule has 1 N–H and O–H groups in total. The molecule has 0 aliphatic rings. The van der Waals surface area contributed by atoms with Gasteiger partial charge in [-0.2, -0.15) is 0 Å². The second-order valence-corrected chi connectivity index (χ2v) is 5.56. The maximum Gasteiger partial charge on any atom is 0.228 e. The fraction of sp³-hybridized carbons (Fsp3) is 0.111. The number of nitrogens with one attached hydrogen (secondary N) is 1. The van der Waals surface area contributed by atoms with Crippen molar-refractivity contribution in [1.82, 2.24) is 4.98 Å². The van der Waals surface area contributed by atoms with Gasteiger partial charge in [-0.25, -0.2) is 4.98 Å². The number of anilines is 1. The predicted molar refractivity (Wildman–Crippen MR) is 92.3 cm³/mol. The first-order valence-electron chi connectivity index (χ1n) is 7.27. The molecule has 2 aromatic carbocycles. The van der Waals surface area contributed by atoms with Crippen LogP contribution in [0.5, 0.6) is 5.75 Å². The van der Waals surface area contributed by atoms with Gasteiger partial charge in [0.15, 0.2) is 12.2 Å². The Kier molecular flexibility index (Phi) is 4.82. The number of hydrogen-bond donors (Lipinski definition) is 1. The minimum atomic E-state index is -0.150. The van der Waals surface area contributed by atoms with E-state index in [0.29, 0.717) is 22.2 Å². The quantitative estimate of drug-likeness (QED) is 0.755. The summed E-state index contributed by atoms with van der Waals surface area (Å²) in [6, 6.07) is 12.5. The topological polar surface area (TPSA) is 64.4 Å². The van der Waals surface area contributed by atoms with Crippen molar-refractivity contribution in [2.24, 2.45) is 0 Å². The van der Waals surface area contributed by atoms with Crippen LogP contribution in [0.2, 0.25) is 5.02 Å². The van der Waals surface area contributed by atoms with Crippen LogP contribution in [0.3, 0.4) is 0 Å². The Morgan fingerprint density at radius 3 is 2.71 bits per heavy atom. The normalized spacial score (nSPS) is 10.4. The van der Waals surface area contributed by atoms with Crippen LogP contribution in [0.25, 0.3) is 11.3 Å². The summed E-state index contributed by atoms with van der Waals surface area (Å²) in [7, 11) is 1.56. The largest absolute Gasteiger partial charge is 0.496 e. The molecule has 0 aliphatic carbocycles. The molecular weight excluding hydrogens is 328 g/mol. The van der Waals surface area contributed by atoms with E-state index in [1.807, 2.05) is 24.3 Å². The van der Waals surface area contributed by atoms with Gasteiger partial charge in [0, 0.05) is 21.8 Å². The summed E-state index contributed by atoms with van der Waals surface area (Å²) < 4.78 is 10.5. The molecule has 3 aromatic rings. The second-order valence-electron chi connectivity index (χ2n) is 5.12. The highest BCUT2D eigenvalue weighted by Crippen LogP contribution is 2.24. The SMILES string of the molecule is COc1ccc(Cl)cc1CC(=O)Nc1ccc(-c2cnco2)cc1. The van der Waals surface area contributed by atoms with Crippen molar-refractivity contribution in [3.05, 3.63) is 65.6 Å². The van der Waals surface area contributed by atoms with Crippen LogP contribution in [-0.2, 0) is 11.2 Å². The van der Waals surface area contributed by atoms with Crippen LogP contribution in [0.15, 0.2) is 59.5 Å². The smallest absolute Gasteiger partial charge is 0.228 e. The zero-order valence-corrected chi connectivity index (χ0v) is 13.7. The highest BCUT2D eigenvalue weighted by Gasteiger charge is 2.10. The molecule has 0 bridgehead atoms. The molecule has 5 nitrogen and oxygen atoms in total.